The maximum absolute atomic E-state index is 13.6. The first kappa shape index (κ1) is 31.9. The summed E-state index contributed by atoms with van der Waals surface area (Å²) in [7, 11) is 3.01. The average Bonchev–Trinajstić information content (AvgIpc) is 3.73. The zero-order valence-corrected chi connectivity index (χ0v) is 25.3. The number of nitrogen functional groups attached to an aromatic ring is 3. The van der Waals surface area contributed by atoms with Crippen molar-refractivity contribution in [3.8, 4) is 11.8 Å². The standard InChI is InChI=1S/C15H16FN5O3.C15H18FN5O/c1-24-15-10(7-9(16)8-18-15)11-3-2-6-20(11)13-5-4-12(21(22)23)14(17)19-13;1-22-15-10(7-9(16)8-19-15)12-3-2-6-21(12)13-5-4-11(17)14(18)20-13/h4-5,7-8,11H,2-3,6H2,1H3,(H2,17,19);4-5,7-8,12H,2-3,6,17H2,1H3,(H2,18,20)/t11-;12-/m11/s1. The highest BCUT2D eigenvalue weighted by Gasteiger charge is 2.32. The number of nitro groups is 1. The van der Waals surface area contributed by atoms with Gasteiger partial charge in [0.05, 0.1) is 49.3 Å². The van der Waals surface area contributed by atoms with Gasteiger partial charge in [-0.05, 0) is 56.0 Å². The van der Waals surface area contributed by atoms with Crippen molar-refractivity contribution >= 4 is 34.6 Å². The lowest BCUT2D eigenvalue weighted by Crippen LogP contribution is -2.24. The fourth-order valence-electron chi connectivity index (χ4n) is 5.84. The quantitative estimate of drug-likeness (QED) is 0.188. The second-order valence-corrected chi connectivity index (χ2v) is 10.7. The molecule has 0 unspecified atom stereocenters. The van der Waals surface area contributed by atoms with Crippen molar-refractivity contribution in [1.82, 2.24) is 19.9 Å². The van der Waals surface area contributed by atoms with E-state index in [4.69, 9.17) is 26.7 Å². The van der Waals surface area contributed by atoms with Crippen LogP contribution in [0, 0.1) is 21.7 Å². The van der Waals surface area contributed by atoms with E-state index < -0.39 is 10.7 Å². The van der Waals surface area contributed by atoms with Gasteiger partial charge in [0, 0.05) is 30.3 Å². The molecule has 2 saturated heterocycles. The van der Waals surface area contributed by atoms with Crippen LogP contribution in [0.3, 0.4) is 0 Å². The van der Waals surface area contributed by atoms with Gasteiger partial charge in [-0.15, -0.1) is 0 Å². The summed E-state index contributed by atoms with van der Waals surface area (Å²) in [5, 5.41) is 10.9. The van der Waals surface area contributed by atoms with Crippen molar-refractivity contribution in [1.29, 1.82) is 0 Å². The summed E-state index contributed by atoms with van der Waals surface area (Å²) >= 11 is 0. The molecule has 0 spiro atoms. The molecule has 6 N–H and O–H groups in total. The van der Waals surface area contributed by atoms with E-state index in [0.29, 0.717) is 41.2 Å². The van der Waals surface area contributed by atoms with E-state index in [1.807, 2.05) is 11.0 Å². The molecule has 4 aromatic rings. The molecule has 0 amide bonds. The van der Waals surface area contributed by atoms with Crippen molar-refractivity contribution < 1.29 is 23.2 Å². The van der Waals surface area contributed by atoms with Crippen LogP contribution in [0.25, 0.3) is 0 Å². The molecular weight excluding hydrogens is 602 g/mol. The maximum atomic E-state index is 13.6. The van der Waals surface area contributed by atoms with E-state index in [1.54, 1.807) is 12.1 Å². The van der Waals surface area contributed by atoms with Crippen LogP contribution in [-0.2, 0) is 0 Å². The average molecular weight is 637 g/mol. The number of rotatable bonds is 7. The molecule has 2 aliphatic rings. The van der Waals surface area contributed by atoms with Gasteiger partial charge >= 0.3 is 5.69 Å². The van der Waals surface area contributed by atoms with Crippen LogP contribution in [0.4, 0.5) is 43.4 Å². The normalized spacial score (nSPS) is 17.4. The lowest BCUT2D eigenvalue weighted by molar-refractivity contribution is -0.384. The highest BCUT2D eigenvalue weighted by Crippen LogP contribution is 2.41. The Morgan fingerprint density at radius 3 is 1.72 bits per heavy atom. The highest BCUT2D eigenvalue weighted by molar-refractivity contribution is 5.63. The second kappa shape index (κ2) is 13.6. The predicted octanol–water partition coefficient (Wildman–Crippen LogP) is 4.59. The molecule has 4 aromatic heterocycles. The van der Waals surface area contributed by atoms with Crippen LogP contribution < -0.4 is 36.5 Å². The zero-order chi connectivity index (χ0) is 33.0. The first-order valence-corrected chi connectivity index (χ1v) is 14.5. The fourth-order valence-corrected chi connectivity index (χ4v) is 5.84. The number of pyridine rings is 4. The molecule has 2 atom stereocenters. The number of hydrogen-bond acceptors (Lipinski definition) is 13. The van der Waals surface area contributed by atoms with Crippen LogP contribution in [0.1, 0.15) is 48.9 Å². The largest absolute Gasteiger partial charge is 0.481 e. The van der Waals surface area contributed by atoms with Gasteiger partial charge in [0.2, 0.25) is 17.6 Å². The minimum absolute atomic E-state index is 0.0475. The van der Waals surface area contributed by atoms with Gasteiger partial charge in [0.1, 0.15) is 29.1 Å². The van der Waals surface area contributed by atoms with Crippen molar-refractivity contribution in [2.45, 2.75) is 37.8 Å². The van der Waals surface area contributed by atoms with Crippen molar-refractivity contribution in [2.24, 2.45) is 0 Å². The van der Waals surface area contributed by atoms with Gasteiger partial charge in [0.25, 0.3) is 0 Å². The molecule has 14 nitrogen and oxygen atoms in total. The van der Waals surface area contributed by atoms with Crippen LogP contribution in [0.15, 0.2) is 48.8 Å². The summed E-state index contributed by atoms with van der Waals surface area (Å²) in [6.07, 6.45) is 5.72. The van der Waals surface area contributed by atoms with Gasteiger partial charge < -0.3 is 36.5 Å². The van der Waals surface area contributed by atoms with E-state index in [1.165, 1.54) is 32.4 Å². The zero-order valence-electron chi connectivity index (χ0n) is 25.3. The Kier molecular flexibility index (Phi) is 9.44. The summed E-state index contributed by atoms with van der Waals surface area (Å²) in [5.41, 5.74) is 18.7. The van der Waals surface area contributed by atoms with E-state index in [2.05, 4.69) is 24.8 Å². The highest BCUT2D eigenvalue weighted by atomic mass is 19.1. The van der Waals surface area contributed by atoms with Gasteiger partial charge in [-0.2, -0.15) is 0 Å². The summed E-state index contributed by atoms with van der Waals surface area (Å²) in [4.78, 5) is 30.7. The number of methoxy groups -OCH3 is 2. The Labute approximate surface area is 263 Å². The van der Waals surface area contributed by atoms with E-state index in [-0.39, 0.29) is 29.4 Å². The Balaban J connectivity index is 0.000000182. The molecule has 2 fully saturated rings. The molecule has 0 bridgehead atoms. The van der Waals surface area contributed by atoms with E-state index >= 15 is 0 Å². The van der Waals surface area contributed by atoms with Gasteiger partial charge in [0.15, 0.2) is 0 Å². The van der Waals surface area contributed by atoms with E-state index in [9.17, 15) is 18.9 Å². The Morgan fingerprint density at radius 1 is 0.804 bits per heavy atom. The number of aromatic nitrogens is 4. The van der Waals surface area contributed by atoms with Crippen LogP contribution in [0.5, 0.6) is 11.8 Å². The molecule has 6 rings (SSSR count). The maximum Gasteiger partial charge on any atom is 0.311 e. The molecule has 0 radical (unpaired) electrons. The summed E-state index contributed by atoms with van der Waals surface area (Å²) < 4.78 is 37.7. The summed E-state index contributed by atoms with van der Waals surface area (Å²) in [5.74, 6) is 1.33. The molecule has 2 aliphatic heterocycles. The van der Waals surface area contributed by atoms with Crippen molar-refractivity contribution in [3.63, 3.8) is 0 Å². The van der Waals surface area contributed by atoms with E-state index in [0.717, 1.165) is 56.0 Å². The third kappa shape index (κ3) is 6.60. The number of anilines is 5. The molecule has 16 heteroatoms. The van der Waals surface area contributed by atoms with Crippen LogP contribution in [0.2, 0.25) is 0 Å². The lowest BCUT2D eigenvalue weighted by atomic mass is 10.1. The molecule has 6 heterocycles. The number of halogens is 2. The minimum Gasteiger partial charge on any atom is -0.481 e. The first-order valence-electron chi connectivity index (χ1n) is 14.5. The number of nitrogens with two attached hydrogens (primary N) is 3. The minimum atomic E-state index is -0.576. The molecule has 242 valence electrons. The molecular formula is C30H34F2N10O4. The van der Waals surface area contributed by atoms with Gasteiger partial charge in [-0.3, -0.25) is 10.1 Å². The van der Waals surface area contributed by atoms with Gasteiger partial charge in [-0.1, -0.05) is 0 Å². The second-order valence-electron chi connectivity index (χ2n) is 10.7. The van der Waals surface area contributed by atoms with Crippen LogP contribution in [-0.4, -0.2) is 52.2 Å². The fraction of sp³-hybridized carbons (Fsp3) is 0.333. The molecule has 0 aromatic carbocycles. The Bertz CT molecular complexity index is 1730. The predicted molar refractivity (Wildman–Crippen MR) is 169 cm³/mol. The smallest absolute Gasteiger partial charge is 0.311 e. The molecule has 46 heavy (non-hydrogen) atoms. The summed E-state index contributed by atoms with van der Waals surface area (Å²) in [6.45, 7) is 1.48. The Morgan fingerprint density at radius 2 is 1.28 bits per heavy atom. The third-order valence-electron chi connectivity index (χ3n) is 7.92. The number of hydrogen-bond donors (Lipinski definition) is 3. The Hall–Kier alpha value is -5.54. The van der Waals surface area contributed by atoms with Crippen LogP contribution >= 0.6 is 0 Å². The summed E-state index contributed by atoms with van der Waals surface area (Å²) in [6, 6.07) is 9.06. The third-order valence-corrected chi connectivity index (χ3v) is 7.92. The monoisotopic (exact) mass is 636 g/mol. The van der Waals surface area contributed by atoms with Crippen molar-refractivity contribution in [3.05, 3.63) is 81.7 Å². The number of nitrogens with zero attached hydrogens (tertiary/aromatic N) is 7. The molecule has 0 aliphatic carbocycles. The van der Waals surface area contributed by atoms with Crippen molar-refractivity contribution in [2.75, 3.05) is 54.3 Å². The molecule has 0 saturated carbocycles. The number of ether oxygens (including phenoxy) is 2. The topological polar surface area (TPSA) is 198 Å². The van der Waals surface area contributed by atoms with Gasteiger partial charge in [-0.25, -0.2) is 28.7 Å². The lowest BCUT2D eigenvalue weighted by Gasteiger charge is -2.27. The first-order chi connectivity index (χ1) is 22.1. The SMILES string of the molecule is COc1ncc(F)cc1[C@H]1CCCN1c1ccc(N)c(N)n1.COc1ncc(F)cc1[C@H]1CCCN1c1ccc([N+](=O)[O-])c(N)n1.